The highest BCUT2D eigenvalue weighted by Crippen LogP contribution is 2.34. The van der Waals surface area contributed by atoms with Gasteiger partial charge in [0.15, 0.2) is 0 Å². The van der Waals surface area contributed by atoms with Crippen molar-refractivity contribution < 1.29 is 8.42 Å². The Morgan fingerprint density at radius 1 is 1.24 bits per heavy atom. The number of para-hydroxylation sites is 1. The number of sulfonamides is 1. The standard InChI is InChI=1S/C14H14ClN3O2S/c1-10-6-7-11-4-2-3-5-13(11)18(10)21(19,20)12-8-16-14(15)17-9-12/h2-5,8-10H,6-7H2,1H3. The molecule has 3 rings (SSSR count). The summed E-state index contributed by atoms with van der Waals surface area (Å²) in [6.45, 7) is 1.91. The summed E-state index contributed by atoms with van der Waals surface area (Å²) >= 11 is 5.63. The summed E-state index contributed by atoms with van der Waals surface area (Å²) in [5.74, 6) is 0. The van der Waals surface area contributed by atoms with E-state index in [1.165, 1.54) is 16.7 Å². The normalized spacial score (nSPS) is 18.4. The van der Waals surface area contributed by atoms with Crippen LogP contribution in [0.3, 0.4) is 0 Å². The van der Waals surface area contributed by atoms with Gasteiger partial charge in [-0.05, 0) is 43.0 Å². The fraction of sp³-hybridized carbons (Fsp3) is 0.286. The minimum Gasteiger partial charge on any atom is -0.263 e. The lowest BCUT2D eigenvalue weighted by Gasteiger charge is -2.35. The molecule has 0 spiro atoms. The van der Waals surface area contributed by atoms with Crippen LogP contribution in [0.15, 0.2) is 41.6 Å². The molecule has 0 saturated heterocycles. The molecular weight excluding hydrogens is 310 g/mol. The zero-order chi connectivity index (χ0) is 15.0. The van der Waals surface area contributed by atoms with Crippen molar-refractivity contribution in [2.45, 2.75) is 30.7 Å². The van der Waals surface area contributed by atoms with Crippen molar-refractivity contribution in [2.75, 3.05) is 4.31 Å². The summed E-state index contributed by atoms with van der Waals surface area (Å²) in [5, 5.41) is 0.0287. The fourth-order valence-corrected chi connectivity index (χ4v) is 4.28. The lowest BCUT2D eigenvalue weighted by Crippen LogP contribution is -2.42. The minimum absolute atomic E-state index is 0.0287. The molecule has 0 N–H and O–H groups in total. The molecule has 2 heterocycles. The van der Waals surface area contributed by atoms with Crippen molar-refractivity contribution in [3.05, 3.63) is 47.5 Å². The Morgan fingerprint density at radius 2 is 1.90 bits per heavy atom. The van der Waals surface area contributed by atoms with Crippen LogP contribution in [0.2, 0.25) is 5.28 Å². The Balaban J connectivity index is 2.12. The van der Waals surface area contributed by atoms with E-state index in [1.54, 1.807) is 0 Å². The molecule has 2 aromatic rings. The van der Waals surface area contributed by atoms with Gasteiger partial charge in [0.05, 0.1) is 18.1 Å². The molecule has 0 bridgehead atoms. The SMILES string of the molecule is CC1CCc2ccccc2N1S(=O)(=O)c1cnc(Cl)nc1. The summed E-state index contributed by atoms with van der Waals surface area (Å²) in [6.07, 6.45) is 4.15. The van der Waals surface area contributed by atoms with Gasteiger partial charge in [-0.25, -0.2) is 18.4 Å². The third-order valence-electron chi connectivity index (χ3n) is 3.61. The Kier molecular flexibility index (Phi) is 3.59. The van der Waals surface area contributed by atoms with Crippen LogP contribution in [-0.2, 0) is 16.4 Å². The van der Waals surface area contributed by atoms with Crippen molar-refractivity contribution in [1.29, 1.82) is 0 Å². The molecule has 7 heteroatoms. The molecule has 1 unspecified atom stereocenters. The number of aryl methyl sites for hydroxylation is 1. The van der Waals surface area contributed by atoms with Crippen LogP contribution in [0.4, 0.5) is 5.69 Å². The van der Waals surface area contributed by atoms with Gasteiger partial charge in [0.1, 0.15) is 4.90 Å². The summed E-state index contributed by atoms with van der Waals surface area (Å²) in [6, 6.07) is 7.45. The molecule has 110 valence electrons. The van der Waals surface area contributed by atoms with Gasteiger partial charge in [-0.3, -0.25) is 4.31 Å². The first-order valence-electron chi connectivity index (χ1n) is 6.60. The van der Waals surface area contributed by atoms with Gasteiger partial charge < -0.3 is 0 Å². The van der Waals surface area contributed by atoms with Gasteiger partial charge in [0, 0.05) is 6.04 Å². The van der Waals surface area contributed by atoms with Gasteiger partial charge in [-0.15, -0.1) is 0 Å². The highest BCUT2D eigenvalue weighted by atomic mass is 35.5. The number of rotatable bonds is 2. The summed E-state index contributed by atoms with van der Waals surface area (Å²) in [4.78, 5) is 7.59. The predicted molar refractivity (Wildman–Crippen MR) is 80.9 cm³/mol. The van der Waals surface area contributed by atoms with Crippen molar-refractivity contribution in [1.82, 2.24) is 9.97 Å². The predicted octanol–water partition coefficient (Wildman–Crippen LogP) is 2.66. The molecule has 5 nitrogen and oxygen atoms in total. The Labute approximate surface area is 128 Å². The fourth-order valence-electron chi connectivity index (χ4n) is 2.57. The largest absolute Gasteiger partial charge is 0.267 e. The smallest absolute Gasteiger partial charge is 0.263 e. The van der Waals surface area contributed by atoms with E-state index in [-0.39, 0.29) is 16.2 Å². The van der Waals surface area contributed by atoms with Crippen molar-refractivity contribution >= 4 is 27.3 Å². The minimum atomic E-state index is -3.69. The van der Waals surface area contributed by atoms with E-state index in [4.69, 9.17) is 11.6 Å². The highest BCUT2D eigenvalue weighted by Gasteiger charge is 2.33. The van der Waals surface area contributed by atoms with E-state index >= 15 is 0 Å². The van der Waals surface area contributed by atoms with Gasteiger partial charge in [-0.1, -0.05) is 18.2 Å². The van der Waals surface area contributed by atoms with Crippen LogP contribution >= 0.6 is 11.6 Å². The number of aromatic nitrogens is 2. The van der Waals surface area contributed by atoms with Gasteiger partial charge in [0.2, 0.25) is 5.28 Å². The zero-order valence-electron chi connectivity index (χ0n) is 11.4. The molecule has 1 aliphatic heterocycles. The van der Waals surface area contributed by atoms with Crippen LogP contribution in [-0.4, -0.2) is 24.4 Å². The Hall–Kier alpha value is -1.66. The second kappa shape index (κ2) is 5.27. The molecule has 1 atom stereocenters. The molecule has 0 saturated carbocycles. The Morgan fingerprint density at radius 3 is 2.62 bits per heavy atom. The van der Waals surface area contributed by atoms with Crippen LogP contribution in [0.1, 0.15) is 18.9 Å². The van der Waals surface area contributed by atoms with Crippen LogP contribution < -0.4 is 4.31 Å². The van der Waals surface area contributed by atoms with Crippen molar-refractivity contribution in [3.63, 3.8) is 0 Å². The molecule has 1 aliphatic rings. The number of benzene rings is 1. The monoisotopic (exact) mass is 323 g/mol. The first-order chi connectivity index (χ1) is 10.00. The molecule has 1 aromatic heterocycles. The molecule has 0 aliphatic carbocycles. The van der Waals surface area contributed by atoms with Gasteiger partial charge >= 0.3 is 0 Å². The lowest BCUT2D eigenvalue weighted by atomic mass is 9.99. The van der Waals surface area contributed by atoms with Crippen LogP contribution in [0, 0.1) is 0 Å². The van der Waals surface area contributed by atoms with Crippen LogP contribution in [0.25, 0.3) is 0 Å². The van der Waals surface area contributed by atoms with Gasteiger partial charge in [-0.2, -0.15) is 0 Å². The van der Waals surface area contributed by atoms with E-state index in [1.807, 2.05) is 31.2 Å². The van der Waals surface area contributed by atoms with E-state index in [9.17, 15) is 8.42 Å². The quantitative estimate of drug-likeness (QED) is 0.797. The highest BCUT2D eigenvalue weighted by molar-refractivity contribution is 7.92. The average molecular weight is 324 g/mol. The summed E-state index contributed by atoms with van der Waals surface area (Å²) in [5.41, 5.74) is 1.76. The van der Waals surface area contributed by atoms with E-state index < -0.39 is 10.0 Å². The van der Waals surface area contributed by atoms with E-state index in [2.05, 4.69) is 9.97 Å². The van der Waals surface area contributed by atoms with E-state index in [0.717, 1.165) is 24.1 Å². The number of hydrogen-bond acceptors (Lipinski definition) is 4. The maximum Gasteiger partial charge on any atom is 0.267 e. The molecule has 21 heavy (non-hydrogen) atoms. The Bertz CT molecular complexity index is 762. The number of anilines is 1. The number of nitrogens with zero attached hydrogens (tertiary/aromatic N) is 3. The third-order valence-corrected chi connectivity index (χ3v) is 5.69. The maximum absolute atomic E-state index is 12.9. The van der Waals surface area contributed by atoms with Crippen molar-refractivity contribution in [3.8, 4) is 0 Å². The summed E-state index contributed by atoms with van der Waals surface area (Å²) < 4.78 is 27.2. The van der Waals surface area contributed by atoms with Gasteiger partial charge in [0.25, 0.3) is 10.0 Å². The van der Waals surface area contributed by atoms with Crippen molar-refractivity contribution in [2.24, 2.45) is 0 Å². The second-order valence-corrected chi connectivity index (χ2v) is 7.16. The number of fused-ring (bicyclic) bond motifs is 1. The lowest BCUT2D eigenvalue weighted by molar-refractivity contribution is 0.562. The van der Waals surface area contributed by atoms with Crippen LogP contribution in [0.5, 0.6) is 0 Å². The first kappa shape index (κ1) is 14.3. The summed E-state index contributed by atoms with van der Waals surface area (Å²) in [7, 11) is -3.69. The molecule has 0 fully saturated rings. The topological polar surface area (TPSA) is 63.2 Å². The first-order valence-corrected chi connectivity index (χ1v) is 8.42. The van der Waals surface area contributed by atoms with E-state index in [0.29, 0.717) is 0 Å². The molecule has 1 aromatic carbocycles. The third kappa shape index (κ3) is 2.49. The number of halogens is 1. The second-order valence-electron chi connectivity index (χ2n) is 5.01. The molecule has 0 amide bonds. The molecular formula is C14H14ClN3O2S. The average Bonchev–Trinajstić information content (AvgIpc) is 2.47. The maximum atomic E-state index is 12.9. The zero-order valence-corrected chi connectivity index (χ0v) is 13.0. The molecule has 0 radical (unpaired) electrons. The number of hydrogen-bond donors (Lipinski definition) is 0.